The van der Waals surface area contributed by atoms with Gasteiger partial charge in [0.15, 0.2) is 23.0 Å². The number of fused-ring (bicyclic) bond motifs is 1. The van der Waals surface area contributed by atoms with Crippen LogP contribution in [0.4, 0.5) is 0 Å². The molecule has 10 heteroatoms. The van der Waals surface area contributed by atoms with Crippen LogP contribution in [-0.2, 0) is 9.59 Å². The number of aliphatic carboxylic acids is 1. The highest BCUT2D eigenvalue weighted by Gasteiger charge is 2.47. The molecule has 3 atom stereocenters. The summed E-state index contributed by atoms with van der Waals surface area (Å²) in [5.41, 5.74) is 6.55. The van der Waals surface area contributed by atoms with E-state index in [1.165, 1.54) is 0 Å². The van der Waals surface area contributed by atoms with Gasteiger partial charge in [-0.15, -0.1) is 0 Å². The van der Waals surface area contributed by atoms with Gasteiger partial charge in [-0.1, -0.05) is 31.5 Å². The van der Waals surface area contributed by atoms with Gasteiger partial charge in [-0.3, -0.25) is 14.5 Å². The molecule has 1 saturated heterocycles. The molecule has 0 radical (unpaired) electrons. The molecule has 0 aromatic heterocycles. The molecule has 4 rings (SSSR count). The Morgan fingerprint density at radius 2 is 1.83 bits per heavy atom. The molecule has 3 N–H and O–H groups in total. The Balaban J connectivity index is 1.56. The number of unbranched alkanes of at least 4 members (excludes halogenated alkanes) is 2. The second kappa shape index (κ2) is 14.9. The largest absolute Gasteiger partial charge is 0.493 e. The fourth-order valence-corrected chi connectivity index (χ4v) is 5.79. The molecule has 0 spiro atoms. The number of carboxylic acid groups (broad SMARTS) is 1. The summed E-state index contributed by atoms with van der Waals surface area (Å²) in [6.45, 7) is 5.05. The van der Waals surface area contributed by atoms with E-state index in [-0.39, 0.29) is 31.8 Å². The number of carboxylic acids is 1. The second-order valence-electron chi connectivity index (χ2n) is 10.6. The van der Waals surface area contributed by atoms with Crippen molar-refractivity contribution in [2.45, 2.75) is 51.0 Å². The lowest BCUT2D eigenvalue weighted by atomic mass is 9.84. The molecule has 10 nitrogen and oxygen atoms in total. The maximum Gasteiger partial charge on any atom is 0.308 e. The Morgan fingerprint density at radius 1 is 1.07 bits per heavy atom. The first-order valence-corrected chi connectivity index (χ1v) is 14.6. The zero-order valence-electron chi connectivity index (χ0n) is 24.1. The highest BCUT2D eigenvalue weighted by atomic mass is 16.7. The van der Waals surface area contributed by atoms with Gasteiger partial charge < -0.3 is 34.7 Å². The van der Waals surface area contributed by atoms with E-state index in [4.69, 9.17) is 24.7 Å². The maximum absolute atomic E-state index is 13.6. The summed E-state index contributed by atoms with van der Waals surface area (Å²) in [5, 5.41) is 10.5. The Bertz CT molecular complexity index is 1160. The number of rotatable bonds is 16. The van der Waals surface area contributed by atoms with E-state index >= 15 is 0 Å². The standard InChI is InChI=1S/C31H43N3O7/c1-3-4-15-33(16-8-7-14-32)29(35)20-34-19-23(22-11-12-27-28(18-22)41-21-40-27)30(31(36)37)24(34)13-17-39-26-10-6-5-9-25(26)38-2/h5-6,9-12,18,23-24,30H,3-4,7-8,13-17,19-21,32H2,1-2H3,(H,36,37)/t23-,24+,30-/m1/s1. The maximum atomic E-state index is 13.6. The van der Waals surface area contributed by atoms with E-state index in [1.54, 1.807) is 7.11 Å². The first-order chi connectivity index (χ1) is 20.0. The van der Waals surface area contributed by atoms with Crippen molar-refractivity contribution in [3.8, 4) is 23.0 Å². The molecule has 2 aromatic carbocycles. The third kappa shape index (κ3) is 7.62. The van der Waals surface area contributed by atoms with Crippen LogP contribution in [0.1, 0.15) is 50.5 Å². The quantitative estimate of drug-likeness (QED) is 0.291. The number of amides is 1. The predicted octanol–water partition coefficient (Wildman–Crippen LogP) is 3.73. The second-order valence-corrected chi connectivity index (χ2v) is 10.6. The Kier molecular flexibility index (Phi) is 11.1. The number of carbonyl (C=O) groups excluding carboxylic acids is 1. The SMILES string of the molecule is CCCCN(CCCCN)C(=O)CN1C[C@H](c2ccc3c(c2)OCO3)[C@@H](C(=O)O)[C@@H]1CCOc1ccccc1OC. The zero-order chi connectivity index (χ0) is 29.2. The molecular formula is C31H43N3O7. The van der Waals surface area contributed by atoms with Crippen LogP contribution < -0.4 is 24.7 Å². The molecule has 2 aromatic rings. The van der Waals surface area contributed by atoms with Gasteiger partial charge in [-0.25, -0.2) is 0 Å². The van der Waals surface area contributed by atoms with Gasteiger partial charge in [0.1, 0.15) is 0 Å². The highest BCUT2D eigenvalue weighted by molar-refractivity contribution is 5.79. The van der Waals surface area contributed by atoms with Crippen molar-refractivity contribution in [3.05, 3.63) is 48.0 Å². The zero-order valence-corrected chi connectivity index (χ0v) is 24.1. The van der Waals surface area contributed by atoms with E-state index in [0.29, 0.717) is 55.6 Å². The van der Waals surface area contributed by atoms with Crippen LogP contribution in [0.3, 0.4) is 0 Å². The fraction of sp³-hybridized carbons (Fsp3) is 0.548. The molecule has 0 aliphatic carbocycles. The highest BCUT2D eigenvalue weighted by Crippen LogP contribution is 2.43. The lowest BCUT2D eigenvalue weighted by Gasteiger charge is -2.30. The average molecular weight is 570 g/mol. The first-order valence-electron chi connectivity index (χ1n) is 14.6. The van der Waals surface area contributed by atoms with Crippen molar-refractivity contribution >= 4 is 11.9 Å². The summed E-state index contributed by atoms with van der Waals surface area (Å²) in [6.07, 6.45) is 4.05. The van der Waals surface area contributed by atoms with Gasteiger partial charge >= 0.3 is 5.97 Å². The minimum atomic E-state index is -0.893. The summed E-state index contributed by atoms with van der Waals surface area (Å²) >= 11 is 0. The topological polar surface area (TPSA) is 124 Å². The molecular weight excluding hydrogens is 526 g/mol. The third-order valence-corrected chi connectivity index (χ3v) is 7.95. The minimum Gasteiger partial charge on any atom is -0.493 e. The van der Waals surface area contributed by atoms with Crippen LogP contribution in [0.15, 0.2) is 42.5 Å². The molecule has 2 heterocycles. The van der Waals surface area contributed by atoms with Crippen LogP contribution in [0.2, 0.25) is 0 Å². The van der Waals surface area contributed by atoms with Crippen molar-refractivity contribution in [1.82, 2.24) is 9.80 Å². The van der Waals surface area contributed by atoms with Crippen LogP contribution >= 0.6 is 0 Å². The number of likely N-dealkylation sites (tertiary alicyclic amines) is 1. The summed E-state index contributed by atoms with van der Waals surface area (Å²) in [4.78, 5) is 30.4. The van der Waals surface area contributed by atoms with Gasteiger partial charge in [0.2, 0.25) is 12.7 Å². The van der Waals surface area contributed by atoms with Gasteiger partial charge in [-0.05, 0) is 62.1 Å². The van der Waals surface area contributed by atoms with Crippen molar-refractivity contribution in [1.29, 1.82) is 0 Å². The molecule has 0 unspecified atom stereocenters. The summed E-state index contributed by atoms with van der Waals surface area (Å²) in [6, 6.07) is 12.6. The van der Waals surface area contributed by atoms with Crippen molar-refractivity contribution in [3.63, 3.8) is 0 Å². The third-order valence-electron chi connectivity index (χ3n) is 7.95. The molecule has 1 fully saturated rings. The fourth-order valence-electron chi connectivity index (χ4n) is 5.79. The predicted molar refractivity (Wildman–Crippen MR) is 155 cm³/mol. The number of nitrogens with two attached hydrogens (primary N) is 1. The molecule has 224 valence electrons. The number of hydrogen-bond donors (Lipinski definition) is 2. The normalized spacial score (nSPS) is 19.7. The number of para-hydroxylation sites is 2. The summed E-state index contributed by atoms with van der Waals surface area (Å²) in [5.74, 6) is 0.540. The monoisotopic (exact) mass is 569 g/mol. The van der Waals surface area contributed by atoms with E-state index in [9.17, 15) is 14.7 Å². The van der Waals surface area contributed by atoms with Gasteiger partial charge in [0, 0.05) is 31.6 Å². The van der Waals surface area contributed by atoms with E-state index in [2.05, 4.69) is 6.92 Å². The minimum absolute atomic E-state index is 0.0154. The Hall–Kier alpha value is -3.50. The number of benzene rings is 2. The number of methoxy groups -OCH3 is 1. The van der Waals surface area contributed by atoms with E-state index < -0.39 is 17.9 Å². The smallest absolute Gasteiger partial charge is 0.308 e. The number of ether oxygens (including phenoxy) is 4. The van der Waals surface area contributed by atoms with Crippen molar-refractivity contribution in [2.75, 3.05) is 53.2 Å². The Morgan fingerprint density at radius 3 is 2.56 bits per heavy atom. The van der Waals surface area contributed by atoms with E-state index in [1.807, 2.05) is 52.3 Å². The molecule has 1 amide bonds. The van der Waals surface area contributed by atoms with Crippen molar-refractivity contribution < 1.29 is 33.6 Å². The number of nitrogens with zero attached hydrogens (tertiary/aromatic N) is 2. The van der Waals surface area contributed by atoms with Crippen molar-refractivity contribution in [2.24, 2.45) is 11.7 Å². The molecule has 2 aliphatic heterocycles. The van der Waals surface area contributed by atoms with Crippen LogP contribution in [0, 0.1) is 5.92 Å². The van der Waals surface area contributed by atoms with Gasteiger partial charge in [-0.2, -0.15) is 0 Å². The lowest BCUT2D eigenvalue weighted by Crippen LogP contribution is -2.45. The lowest BCUT2D eigenvalue weighted by molar-refractivity contribution is -0.144. The average Bonchev–Trinajstić information content (AvgIpc) is 3.59. The Labute approximate surface area is 242 Å². The number of carbonyl (C=O) groups is 2. The molecule has 0 saturated carbocycles. The first kappa shape index (κ1) is 30.5. The van der Waals surface area contributed by atoms with Gasteiger partial charge in [0.05, 0.1) is 26.2 Å². The summed E-state index contributed by atoms with van der Waals surface area (Å²) < 4.78 is 22.5. The van der Waals surface area contributed by atoms with Crippen LogP contribution in [0.25, 0.3) is 0 Å². The number of hydrogen-bond acceptors (Lipinski definition) is 8. The van der Waals surface area contributed by atoms with Gasteiger partial charge in [0.25, 0.3) is 0 Å². The molecule has 2 aliphatic rings. The molecule has 41 heavy (non-hydrogen) atoms. The summed E-state index contributed by atoms with van der Waals surface area (Å²) in [7, 11) is 1.58. The van der Waals surface area contributed by atoms with Crippen LogP contribution in [0.5, 0.6) is 23.0 Å². The molecule has 0 bridgehead atoms. The van der Waals surface area contributed by atoms with E-state index in [0.717, 1.165) is 31.2 Å². The van der Waals surface area contributed by atoms with Crippen LogP contribution in [-0.4, -0.2) is 86.1 Å².